The van der Waals surface area contributed by atoms with Crippen molar-refractivity contribution >= 4 is 21.6 Å². The van der Waals surface area contributed by atoms with Gasteiger partial charge in [-0.3, -0.25) is 4.79 Å². The van der Waals surface area contributed by atoms with Gasteiger partial charge in [0.1, 0.15) is 5.82 Å². The number of amides is 1. The van der Waals surface area contributed by atoms with Crippen LogP contribution in [-0.2, 0) is 10.0 Å². The van der Waals surface area contributed by atoms with E-state index in [0.29, 0.717) is 11.6 Å². The maximum atomic E-state index is 14.2. The third kappa shape index (κ3) is 4.49. The van der Waals surface area contributed by atoms with E-state index >= 15 is 0 Å². The SMILES string of the molecule is CC(C)c1ccc(S(=O)(=O)N2CCN(C(=O)c3ccc(N(C)C)c(F)c3)CC2)cc1. The van der Waals surface area contributed by atoms with Gasteiger partial charge >= 0.3 is 0 Å². The van der Waals surface area contributed by atoms with Crippen LogP contribution < -0.4 is 4.90 Å². The van der Waals surface area contributed by atoms with Gasteiger partial charge in [-0.25, -0.2) is 12.8 Å². The van der Waals surface area contributed by atoms with Gasteiger partial charge in [-0.1, -0.05) is 26.0 Å². The van der Waals surface area contributed by atoms with E-state index in [9.17, 15) is 17.6 Å². The van der Waals surface area contributed by atoms with Crippen molar-refractivity contribution in [3.05, 3.63) is 59.4 Å². The molecule has 3 rings (SSSR count). The zero-order valence-corrected chi connectivity index (χ0v) is 18.6. The highest BCUT2D eigenvalue weighted by Gasteiger charge is 2.30. The molecule has 0 N–H and O–H groups in total. The molecular formula is C22H28FN3O3S. The summed E-state index contributed by atoms with van der Waals surface area (Å²) in [4.78, 5) is 16.2. The molecule has 0 aliphatic carbocycles. The number of anilines is 1. The average Bonchev–Trinajstić information content (AvgIpc) is 2.73. The summed E-state index contributed by atoms with van der Waals surface area (Å²) in [6.07, 6.45) is 0. The van der Waals surface area contributed by atoms with E-state index in [1.165, 1.54) is 10.4 Å². The summed E-state index contributed by atoms with van der Waals surface area (Å²) in [5, 5.41) is 0. The fraction of sp³-hybridized carbons (Fsp3) is 0.409. The van der Waals surface area contributed by atoms with Crippen molar-refractivity contribution in [1.29, 1.82) is 0 Å². The first-order valence-corrected chi connectivity index (χ1v) is 11.4. The van der Waals surface area contributed by atoms with E-state index in [2.05, 4.69) is 13.8 Å². The Hall–Kier alpha value is -2.45. The molecule has 1 saturated heterocycles. The molecule has 6 nitrogen and oxygen atoms in total. The minimum atomic E-state index is -3.61. The molecule has 162 valence electrons. The number of carbonyl (C=O) groups excluding carboxylic acids is 1. The molecule has 0 aromatic heterocycles. The Kier molecular flexibility index (Phi) is 6.47. The van der Waals surface area contributed by atoms with Gasteiger partial charge < -0.3 is 9.80 Å². The summed E-state index contributed by atoms with van der Waals surface area (Å²) in [7, 11) is -0.146. The van der Waals surface area contributed by atoms with Gasteiger partial charge in [-0.15, -0.1) is 0 Å². The third-order valence-corrected chi connectivity index (χ3v) is 7.30. The number of piperazine rings is 1. The Morgan fingerprint density at radius 2 is 1.60 bits per heavy atom. The molecule has 0 bridgehead atoms. The van der Waals surface area contributed by atoms with E-state index < -0.39 is 15.8 Å². The summed E-state index contributed by atoms with van der Waals surface area (Å²) < 4.78 is 41.5. The monoisotopic (exact) mass is 433 g/mol. The average molecular weight is 434 g/mol. The van der Waals surface area contributed by atoms with Crippen LogP contribution in [0.1, 0.15) is 35.7 Å². The van der Waals surface area contributed by atoms with Crippen molar-refractivity contribution in [3.8, 4) is 0 Å². The molecule has 1 amide bonds. The predicted octanol–water partition coefficient (Wildman–Crippen LogP) is 3.16. The standard InChI is InChI=1S/C22H28FN3O3S/c1-16(2)17-5-8-19(9-6-17)30(28,29)26-13-11-25(12-14-26)22(27)18-7-10-21(24(3)4)20(23)15-18/h5-10,15-16H,11-14H2,1-4H3. The summed E-state index contributed by atoms with van der Waals surface area (Å²) in [5.41, 5.74) is 1.75. The Labute approximate surface area is 177 Å². The lowest BCUT2D eigenvalue weighted by Gasteiger charge is -2.34. The van der Waals surface area contributed by atoms with Gasteiger partial charge in [0.15, 0.2) is 0 Å². The van der Waals surface area contributed by atoms with Crippen molar-refractivity contribution in [2.75, 3.05) is 45.2 Å². The summed E-state index contributed by atoms with van der Waals surface area (Å²) in [6, 6.07) is 11.3. The molecule has 2 aromatic rings. The highest BCUT2D eigenvalue weighted by molar-refractivity contribution is 7.89. The highest BCUT2D eigenvalue weighted by atomic mass is 32.2. The van der Waals surface area contributed by atoms with Crippen LogP contribution in [0.25, 0.3) is 0 Å². The fourth-order valence-corrected chi connectivity index (χ4v) is 4.91. The van der Waals surface area contributed by atoms with Crippen molar-refractivity contribution in [2.24, 2.45) is 0 Å². The summed E-state index contributed by atoms with van der Waals surface area (Å²) in [5.74, 6) is -0.428. The normalized spacial score (nSPS) is 15.5. The van der Waals surface area contributed by atoms with Gasteiger partial charge in [0.2, 0.25) is 10.0 Å². The number of hydrogen-bond acceptors (Lipinski definition) is 4. The highest BCUT2D eigenvalue weighted by Crippen LogP contribution is 2.23. The van der Waals surface area contributed by atoms with Crippen LogP contribution in [0.4, 0.5) is 10.1 Å². The maximum Gasteiger partial charge on any atom is 0.254 e. The van der Waals surface area contributed by atoms with Gasteiger partial charge in [0, 0.05) is 45.8 Å². The number of sulfonamides is 1. The van der Waals surface area contributed by atoms with E-state index in [0.717, 1.165) is 5.56 Å². The van der Waals surface area contributed by atoms with E-state index in [1.807, 2.05) is 12.1 Å². The molecular weight excluding hydrogens is 405 g/mol. The number of carbonyl (C=O) groups is 1. The van der Waals surface area contributed by atoms with E-state index in [4.69, 9.17) is 0 Å². The molecule has 1 aliphatic rings. The topological polar surface area (TPSA) is 60.9 Å². The smallest absolute Gasteiger partial charge is 0.254 e. The second kappa shape index (κ2) is 8.73. The van der Waals surface area contributed by atoms with E-state index in [1.54, 1.807) is 48.2 Å². The Morgan fingerprint density at radius 3 is 2.10 bits per heavy atom. The lowest BCUT2D eigenvalue weighted by Crippen LogP contribution is -2.50. The van der Waals surface area contributed by atoms with Gasteiger partial charge in [0.05, 0.1) is 10.6 Å². The lowest BCUT2D eigenvalue weighted by atomic mass is 10.0. The number of benzene rings is 2. The Bertz CT molecular complexity index is 1010. The molecule has 1 fully saturated rings. The number of rotatable bonds is 5. The van der Waals surface area contributed by atoms with Crippen LogP contribution in [0, 0.1) is 5.82 Å². The largest absolute Gasteiger partial charge is 0.375 e. The summed E-state index contributed by atoms with van der Waals surface area (Å²) >= 11 is 0. The molecule has 1 aliphatic heterocycles. The van der Waals surface area contributed by atoms with Crippen LogP contribution in [0.3, 0.4) is 0 Å². The first-order chi connectivity index (χ1) is 14.1. The maximum absolute atomic E-state index is 14.2. The van der Waals surface area contributed by atoms with E-state index in [-0.39, 0.29) is 42.5 Å². The van der Waals surface area contributed by atoms with Crippen molar-refractivity contribution in [3.63, 3.8) is 0 Å². The molecule has 0 atom stereocenters. The van der Waals surface area contributed by atoms with Crippen LogP contribution in [0.15, 0.2) is 47.4 Å². The molecule has 1 heterocycles. The zero-order chi connectivity index (χ0) is 22.1. The first-order valence-electron chi connectivity index (χ1n) is 9.97. The van der Waals surface area contributed by atoms with Gasteiger partial charge in [-0.2, -0.15) is 4.31 Å². The number of hydrogen-bond donors (Lipinski definition) is 0. The van der Waals surface area contributed by atoms with Crippen LogP contribution in [0.2, 0.25) is 0 Å². The third-order valence-electron chi connectivity index (χ3n) is 5.39. The van der Waals surface area contributed by atoms with Crippen molar-refractivity contribution in [1.82, 2.24) is 9.21 Å². The second-order valence-electron chi connectivity index (χ2n) is 7.98. The molecule has 0 saturated carbocycles. The fourth-order valence-electron chi connectivity index (χ4n) is 3.49. The Morgan fingerprint density at radius 1 is 1.00 bits per heavy atom. The Balaban J connectivity index is 1.68. The van der Waals surface area contributed by atoms with Crippen LogP contribution in [0.5, 0.6) is 0 Å². The van der Waals surface area contributed by atoms with Crippen LogP contribution >= 0.6 is 0 Å². The predicted molar refractivity (Wildman–Crippen MR) is 116 cm³/mol. The number of nitrogens with zero attached hydrogens (tertiary/aromatic N) is 3. The molecule has 0 unspecified atom stereocenters. The minimum Gasteiger partial charge on any atom is -0.375 e. The molecule has 8 heteroatoms. The van der Waals surface area contributed by atoms with Crippen LogP contribution in [-0.4, -0.2) is 63.8 Å². The molecule has 2 aromatic carbocycles. The second-order valence-corrected chi connectivity index (χ2v) is 9.92. The van der Waals surface area contributed by atoms with Crippen molar-refractivity contribution in [2.45, 2.75) is 24.7 Å². The number of halogens is 1. The van der Waals surface area contributed by atoms with Crippen molar-refractivity contribution < 1.29 is 17.6 Å². The quantitative estimate of drug-likeness (QED) is 0.727. The molecule has 0 spiro atoms. The molecule has 0 radical (unpaired) electrons. The minimum absolute atomic E-state index is 0.207. The summed E-state index contributed by atoms with van der Waals surface area (Å²) in [6.45, 7) is 5.05. The van der Waals surface area contributed by atoms with Gasteiger partial charge in [-0.05, 0) is 41.8 Å². The first kappa shape index (κ1) is 22.2. The zero-order valence-electron chi connectivity index (χ0n) is 17.8. The van der Waals surface area contributed by atoms with Gasteiger partial charge in [0.25, 0.3) is 5.91 Å². The lowest BCUT2D eigenvalue weighted by molar-refractivity contribution is 0.0697. The molecule has 30 heavy (non-hydrogen) atoms.